The second kappa shape index (κ2) is 27.7. The van der Waals surface area contributed by atoms with E-state index in [1.807, 2.05) is 13.8 Å². The van der Waals surface area contributed by atoms with E-state index < -0.39 is 25.9 Å². The first-order chi connectivity index (χ1) is 40.9. The van der Waals surface area contributed by atoms with Crippen molar-refractivity contribution in [2.45, 2.75) is 37.5 Å². The molecule has 3 aliphatic rings. The van der Waals surface area contributed by atoms with Gasteiger partial charge in [0.15, 0.2) is 66.2 Å². The first kappa shape index (κ1) is 65.1. The normalized spacial score (nSPS) is 13.1. The van der Waals surface area contributed by atoms with Crippen LogP contribution in [-0.4, -0.2) is 120 Å². The van der Waals surface area contributed by atoms with Gasteiger partial charge < -0.3 is 41.6 Å². The lowest BCUT2D eigenvalue weighted by Crippen LogP contribution is -2.36. The van der Waals surface area contributed by atoms with Gasteiger partial charge in [-0.1, -0.05) is 23.7 Å². The van der Waals surface area contributed by atoms with Crippen molar-refractivity contribution < 1.29 is 49.8 Å². The lowest BCUT2D eigenvalue weighted by atomic mass is 10.2. The number of benzene rings is 2. The van der Waals surface area contributed by atoms with Crippen LogP contribution in [0.3, 0.4) is 0 Å². The van der Waals surface area contributed by atoms with E-state index in [2.05, 4.69) is 60.8 Å². The molecule has 0 spiro atoms. The number of primary sulfonamides is 2. The van der Waals surface area contributed by atoms with Crippen LogP contribution in [0.1, 0.15) is 22.3 Å². The van der Waals surface area contributed by atoms with Gasteiger partial charge in [-0.15, -0.1) is 0 Å². The highest BCUT2D eigenvalue weighted by molar-refractivity contribution is 7.89. The standard InChI is InChI=1S/C20H21N7O4S.C12H9ClFN5O2.C8H9N3O2.C7H10N2O2S.C5H4Cl2N2/c1-11-4-5-13(8-15(11)32(21,29)30)23-20-22-9-12(2)18(26-20)24-16-7-6-14-19(25-16)27(3)17(28)10-31-14;1-19-9(20)5-21-7-2-3-8(17-11(7)19)16-10-6(14)4-15-12(13)18-10;1-11-7(12)4-13-5-2-3-6(9)10-8(5)11;1-5-2-3-6(8)4-7(5)12(9,10)11;1-3-2-8-5(7)9-4(3)6/h4-9H,10H2,1-3H3,(H2,21,29,30)(H2,22,23,24,25,26);2-4H,5H2,1H3,(H,15,16,17,18);2-3H,4H2,1H3,(H2,9,10);2-4H,8H2,1H3,(H2,9,10,11);2H,1H3. The van der Waals surface area contributed by atoms with Crippen molar-refractivity contribution >= 4 is 136 Å². The third kappa shape index (κ3) is 17.1. The number of halogens is 4. The van der Waals surface area contributed by atoms with E-state index in [9.17, 15) is 35.6 Å². The molecule has 6 aromatic heterocycles. The molecule has 11 N–H and O–H groups in total. The molecule has 0 aliphatic carbocycles. The number of nitrogens with one attached hydrogen (secondary N) is 3. The Morgan fingerprint density at radius 2 is 0.977 bits per heavy atom. The Kier molecular flexibility index (Phi) is 20.7. The number of fused-ring (bicyclic) bond motifs is 3. The number of aryl methyl sites for hydroxylation is 4. The molecule has 0 unspecified atom stereocenters. The van der Waals surface area contributed by atoms with Crippen molar-refractivity contribution in [1.82, 2.24) is 44.9 Å². The number of rotatable bonds is 8. The smallest absolute Gasteiger partial charge is 0.265 e. The third-order valence-corrected chi connectivity index (χ3v) is 14.9. The molecule has 456 valence electrons. The van der Waals surface area contributed by atoms with Crippen molar-refractivity contribution in [3.8, 4) is 17.2 Å². The summed E-state index contributed by atoms with van der Waals surface area (Å²) >= 11 is 16.6. The Hall–Kier alpha value is -9.44. The fraction of sp³-hybridized carbons (Fsp3) is 0.192. The monoisotopic (exact) mass is 1290 g/mol. The molecule has 0 saturated carbocycles. The number of hydrogen-bond donors (Lipinski definition) is 7. The molecular formula is C52H53Cl3FN19O10S2. The average Bonchev–Trinajstić information content (AvgIpc) is 2.02. The van der Waals surface area contributed by atoms with Crippen LogP contribution in [-0.2, 0) is 34.4 Å². The molecule has 9 heterocycles. The minimum atomic E-state index is -3.86. The molecule has 11 rings (SSSR count). The van der Waals surface area contributed by atoms with E-state index >= 15 is 0 Å². The Labute approximate surface area is 511 Å². The summed E-state index contributed by atoms with van der Waals surface area (Å²) in [5.41, 5.74) is 14.5. The van der Waals surface area contributed by atoms with Gasteiger partial charge in [0, 0.05) is 56.0 Å². The Balaban J connectivity index is 0.000000168. The molecule has 0 saturated heterocycles. The Bertz CT molecular complexity index is 4180. The summed E-state index contributed by atoms with van der Waals surface area (Å²) in [5.74, 6) is 3.40. The second-order valence-electron chi connectivity index (χ2n) is 18.5. The number of nitrogen functional groups attached to an aromatic ring is 2. The fourth-order valence-electron chi connectivity index (χ4n) is 7.33. The zero-order valence-electron chi connectivity index (χ0n) is 46.9. The maximum Gasteiger partial charge on any atom is 0.265 e. The van der Waals surface area contributed by atoms with Crippen LogP contribution < -0.4 is 66.6 Å². The topological polar surface area (TPSA) is 413 Å². The molecule has 0 radical (unpaired) electrons. The summed E-state index contributed by atoms with van der Waals surface area (Å²) in [4.78, 5) is 75.0. The number of pyridine rings is 3. The molecule has 3 amide bonds. The molecule has 0 atom stereocenters. The highest BCUT2D eigenvalue weighted by Gasteiger charge is 2.27. The summed E-state index contributed by atoms with van der Waals surface area (Å²) in [6.07, 6.45) is 4.15. The number of amides is 3. The van der Waals surface area contributed by atoms with Crippen LogP contribution in [0, 0.1) is 33.5 Å². The number of nitrogens with zero attached hydrogens (tertiary/aromatic N) is 12. The van der Waals surface area contributed by atoms with Gasteiger partial charge >= 0.3 is 0 Å². The third-order valence-electron chi connectivity index (χ3n) is 12.0. The van der Waals surface area contributed by atoms with E-state index in [-0.39, 0.29) is 69.7 Å². The molecule has 29 nitrogen and oxygen atoms in total. The first-order valence-electron chi connectivity index (χ1n) is 24.9. The number of anilines is 11. The SMILES string of the molecule is CN1C(=O)COc2ccc(N)nc21.CN1C(=O)COc2ccc(Nc3nc(Cl)ncc3F)nc21.Cc1ccc(N)cc1S(N)(=O)=O.Cc1ccc(Nc2ncc(C)c(Nc3ccc4c(n3)N(C)C(=O)CO4)n2)cc1S(N)(=O)=O.Cc1cnc(Cl)nc1Cl. The van der Waals surface area contributed by atoms with Crippen LogP contribution in [0.5, 0.6) is 17.2 Å². The number of ether oxygens (including phenoxy) is 3. The Morgan fingerprint density at radius 3 is 1.48 bits per heavy atom. The maximum absolute atomic E-state index is 13.6. The van der Waals surface area contributed by atoms with Gasteiger partial charge in [0.25, 0.3) is 17.7 Å². The molecule has 8 aromatic rings. The summed E-state index contributed by atoms with van der Waals surface area (Å²) in [7, 11) is -2.63. The van der Waals surface area contributed by atoms with Crippen molar-refractivity contribution in [3.63, 3.8) is 0 Å². The highest BCUT2D eigenvalue weighted by atomic mass is 35.5. The molecule has 0 fully saturated rings. The number of carbonyl (C=O) groups excluding carboxylic acids is 3. The van der Waals surface area contributed by atoms with Crippen molar-refractivity contribution in [2.24, 2.45) is 10.3 Å². The summed E-state index contributed by atoms with van der Waals surface area (Å²) in [5, 5.41) is 19.5. The molecule has 35 heteroatoms. The van der Waals surface area contributed by atoms with Crippen LogP contribution in [0.4, 0.5) is 68.3 Å². The molecule has 2 aromatic carbocycles. The molecule has 0 bridgehead atoms. The van der Waals surface area contributed by atoms with E-state index in [1.54, 1.807) is 108 Å². The number of carbonyl (C=O) groups is 3. The van der Waals surface area contributed by atoms with Gasteiger partial charge in [0.2, 0.25) is 36.6 Å². The lowest BCUT2D eigenvalue weighted by molar-refractivity contribution is -0.121. The highest BCUT2D eigenvalue weighted by Crippen LogP contribution is 2.34. The van der Waals surface area contributed by atoms with Crippen LogP contribution >= 0.6 is 34.8 Å². The minimum Gasteiger partial charge on any atom is -0.480 e. The number of hydrogen-bond acceptors (Lipinski definition) is 24. The molecule has 87 heavy (non-hydrogen) atoms. The fourth-order valence-corrected chi connectivity index (χ4v) is 9.39. The Morgan fingerprint density at radius 1 is 0.517 bits per heavy atom. The quantitative estimate of drug-likeness (QED) is 0.0515. The predicted molar refractivity (Wildman–Crippen MR) is 324 cm³/mol. The summed E-state index contributed by atoms with van der Waals surface area (Å²) in [6, 6.07) is 19.4. The van der Waals surface area contributed by atoms with Gasteiger partial charge in [-0.25, -0.2) is 66.4 Å². The van der Waals surface area contributed by atoms with Crippen LogP contribution in [0.25, 0.3) is 0 Å². The van der Waals surface area contributed by atoms with Crippen LogP contribution in [0.15, 0.2) is 101 Å². The first-order valence-corrected chi connectivity index (χ1v) is 29.1. The number of aromatic nitrogens is 9. The van der Waals surface area contributed by atoms with E-state index in [0.29, 0.717) is 85.6 Å². The molecular weight excluding hydrogens is 1240 g/mol. The van der Waals surface area contributed by atoms with E-state index in [1.165, 1.54) is 26.8 Å². The second-order valence-corrected chi connectivity index (χ2v) is 22.6. The number of sulfonamides is 2. The number of likely N-dealkylation sites (N-methyl/N-ethyl adjacent to an activating group) is 3. The molecule has 3 aliphatic heterocycles. The average molecular weight is 1290 g/mol. The van der Waals surface area contributed by atoms with E-state index in [4.69, 9.17) is 70.8 Å². The van der Waals surface area contributed by atoms with Crippen molar-refractivity contribution in [1.29, 1.82) is 0 Å². The largest absolute Gasteiger partial charge is 0.480 e. The van der Waals surface area contributed by atoms with Crippen molar-refractivity contribution in [2.75, 3.05) is 83.1 Å². The van der Waals surface area contributed by atoms with E-state index in [0.717, 1.165) is 17.3 Å². The van der Waals surface area contributed by atoms with Crippen LogP contribution in [0.2, 0.25) is 15.7 Å². The maximum atomic E-state index is 13.6. The van der Waals surface area contributed by atoms with Gasteiger partial charge in [-0.05, 0) is 123 Å². The number of nitrogens with two attached hydrogens (primary N) is 4. The zero-order chi connectivity index (χ0) is 63.7. The lowest BCUT2D eigenvalue weighted by Gasteiger charge is -2.25. The van der Waals surface area contributed by atoms with Gasteiger partial charge in [0.05, 0.1) is 16.0 Å². The minimum absolute atomic E-state index is 0.0205. The summed E-state index contributed by atoms with van der Waals surface area (Å²) < 4.78 is 74.8. The van der Waals surface area contributed by atoms with Crippen molar-refractivity contribution in [3.05, 3.63) is 135 Å². The van der Waals surface area contributed by atoms with Gasteiger partial charge in [0.1, 0.15) is 28.4 Å². The zero-order valence-corrected chi connectivity index (χ0v) is 50.8. The van der Waals surface area contributed by atoms with Gasteiger partial charge in [-0.3, -0.25) is 29.1 Å². The van der Waals surface area contributed by atoms with Gasteiger partial charge in [-0.2, -0.15) is 9.97 Å². The summed E-state index contributed by atoms with van der Waals surface area (Å²) in [6.45, 7) is 6.98. The predicted octanol–water partition coefficient (Wildman–Crippen LogP) is 6.08.